The molecule has 0 spiro atoms. The zero-order chi connectivity index (χ0) is 20.2. The van der Waals surface area contributed by atoms with Gasteiger partial charge in [0.05, 0.1) is 12.5 Å². The van der Waals surface area contributed by atoms with E-state index in [1.54, 1.807) is 32.1 Å². The van der Waals surface area contributed by atoms with E-state index in [-0.39, 0.29) is 42.0 Å². The molecule has 0 aromatic carbocycles. The van der Waals surface area contributed by atoms with E-state index < -0.39 is 6.10 Å². The van der Waals surface area contributed by atoms with Gasteiger partial charge in [-0.05, 0) is 19.9 Å². The van der Waals surface area contributed by atoms with Crippen LogP contribution < -0.4 is 10.6 Å². The zero-order valence-electron chi connectivity index (χ0n) is 15.5. The number of amides is 2. The number of hydrogen-bond acceptors (Lipinski definition) is 6. The maximum Gasteiger partial charge on any atom is 0.273 e. The van der Waals surface area contributed by atoms with E-state index in [4.69, 9.17) is 4.42 Å². The monoisotopic (exact) mass is 375 g/mol. The van der Waals surface area contributed by atoms with Gasteiger partial charge in [-0.3, -0.25) is 14.4 Å². The van der Waals surface area contributed by atoms with Crippen molar-refractivity contribution in [1.29, 1.82) is 0 Å². The van der Waals surface area contributed by atoms with Gasteiger partial charge in [0.2, 0.25) is 11.8 Å². The van der Waals surface area contributed by atoms with Crippen LogP contribution in [0.2, 0.25) is 0 Å². The minimum absolute atomic E-state index is 0.1000. The fourth-order valence-corrected chi connectivity index (χ4v) is 2.12. The molecule has 0 bridgehead atoms. The number of allylic oxidation sites excluding steroid dienone is 2. The average molecular weight is 375 g/mol. The van der Waals surface area contributed by atoms with Crippen LogP contribution in [0.25, 0.3) is 0 Å². The van der Waals surface area contributed by atoms with Gasteiger partial charge in [-0.1, -0.05) is 30.4 Å². The fraction of sp³-hybridized carbons (Fsp3) is 0.368. The predicted molar refractivity (Wildman–Crippen MR) is 99.9 cm³/mol. The van der Waals surface area contributed by atoms with Crippen molar-refractivity contribution in [2.45, 2.75) is 32.8 Å². The van der Waals surface area contributed by atoms with Gasteiger partial charge in [-0.25, -0.2) is 4.98 Å². The highest BCUT2D eigenvalue weighted by molar-refractivity contribution is 5.92. The molecule has 0 saturated heterocycles. The van der Waals surface area contributed by atoms with E-state index in [0.29, 0.717) is 13.1 Å². The van der Waals surface area contributed by atoms with Crippen molar-refractivity contribution in [2.24, 2.45) is 0 Å². The van der Waals surface area contributed by atoms with Gasteiger partial charge in [-0.15, -0.1) is 0 Å². The Hall–Kier alpha value is -3.00. The zero-order valence-corrected chi connectivity index (χ0v) is 15.5. The fourth-order valence-electron chi connectivity index (χ4n) is 2.12. The van der Waals surface area contributed by atoms with Crippen molar-refractivity contribution in [3.63, 3.8) is 0 Å². The van der Waals surface area contributed by atoms with Crippen molar-refractivity contribution in [3.05, 3.63) is 54.3 Å². The second kappa shape index (κ2) is 11.6. The van der Waals surface area contributed by atoms with E-state index in [0.717, 1.165) is 5.57 Å². The lowest BCUT2D eigenvalue weighted by molar-refractivity contribution is -0.120. The molecule has 3 N–H and O–H groups in total. The van der Waals surface area contributed by atoms with Crippen molar-refractivity contribution < 1.29 is 23.9 Å². The summed E-state index contributed by atoms with van der Waals surface area (Å²) in [7, 11) is 0. The largest absolute Gasteiger partial charge is 0.448 e. The summed E-state index contributed by atoms with van der Waals surface area (Å²) in [6.07, 6.45) is 6.20. The van der Waals surface area contributed by atoms with E-state index in [2.05, 4.69) is 22.2 Å². The highest BCUT2D eigenvalue weighted by atomic mass is 16.3. The summed E-state index contributed by atoms with van der Waals surface area (Å²) in [5, 5.41) is 15.2. The van der Waals surface area contributed by atoms with Crippen LogP contribution in [0, 0.1) is 0 Å². The normalized spacial score (nSPS) is 12.6. The van der Waals surface area contributed by atoms with Gasteiger partial charge < -0.3 is 20.2 Å². The molecule has 0 fully saturated rings. The Morgan fingerprint density at radius 1 is 1.37 bits per heavy atom. The first kappa shape index (κ1) is 22.0. The van der Waals surface area contributed by atoms with Crippen molar-refractivity contribution in [1.82, 2.24) is 15.6 Å². The van der Waals surface area contributed by atoms with Crippen LogP contribution in [0.4, 0.5) is 0 Å². The Bertz CT molecular complexity index is 733. The molecule has 8 heteroatoms. The Morgan fingerprint density at radius 3 is 2.78 bits per heavy atom. The van der Waals surface area contributed by atoms with E-state index in [1.165, 1.54) is 12.3 Å². The number of nitrogens with one attached hydrogen (secondary N) is 2. The first-order chi connectivity index (χ1) is 12.8. The summed E-state index contributed by atoms with van der Waals surface area (Å²) >= 11 is 0. The molecule has 0 radical (unpaired) electrons. The van der Waals surface area contributed by atoms with Crippen molar-refractivity contribution in [3.8, 4) is 0 Å². The molecule has 1 atom stereocenters. The molecule has 1 heterocycles. The molecule has 1 rings (SSSR count). The average Bonchev–Trinajstić information content (AvgIpc) is 3.06. The van der Waals surface area contributed by atoms with E-state index >= 15 is 0 Å². The molecule has 8 nitrogen and oxygen atoms in total. The Labute approximate surface area is 158 Å². The second-order valence-electron chi connectivity index (χ2n) is 5.74. The van der Waals surface area contributed by atoms with Crippen LogP contribution in [0.15, 0.2) is 47.1 Å². The highest BCUT2D eigenvalue weighted by Gasteiger charge is 2.15. The third-order valence-corrected chi connectivity index (χ3v) is 3.32. The van der Waals surface area contributed by atoms with E-state index in [9.17, 15) is 19.5 Å². The number of aliphatic hydroxyl groups is 1. The SMILES string of the molecule is C=CC(=O)NC/C=C/C(C)=C/C(O)CC(=O)Cc1nc(C(=O)NCC)co1. The number of rotatable bonds is 11. The number of ketones is 1. The number of aromatic nitrogens is 1. The molecule has 27 heavy (non-hydrogen) atoms. The standard InChI is InChI=1S/C19H25N3O5/c1-4-17(25)21-8-6-7-13(3)9-14(23)10-15(24)11-18-22-16(12-27-18)19(26)20-5-2/h4,6-7,9,12,14,23H,1,5,8,10-11H2,2-3H3,(H,20,26)(H,21,25)/b7-6+,13-9+. The third kappa shape index (κ3) is 8.77. The van der Waals surface area contributed by atoms with Gasteiger partial charge in [0.25, 0.3) is 5.91 Å². The molecular formula is C19H25N3O5. The first-order valence-corrected chi connectivity index (χ1v) is 8.53. The van der Waals surface area contributed by atoms with Gasteiger partial charge in [-0.2, -0.15) is 0 Å². The summed E-state index contributed by atoms with van der Waals surface area (Å²) < 4.78 is 5.12. The molecule has 0 aliphatic carbocycles. The van der Waals surface area contributed by atoms with Crippen LogP contribution in [0.5, 0.6) is 0 Å². The van der Waals surface area contributed by atoms with Gasteiger partial charge in [0.1, 0.15) is 12.0 Å². The minimum Gasteiger partial charge on any atom is -0.448 e. The number of carbonyl (C=O) groups is 3. The minimum atomic E-state index is -0.956. The summed E-state index contributed by atoms with van der Waals surface area (Å²) in [4.78, 5) is 38.6. The first-order valence-electron chi connectivity index (χ1n) is 8.53. The van der Waals surface area contributed by atoms with Crippen LogP contribution in [-0.2, 0) is 16.0 Å². The van der Waals surface area contributed by atoms with Crippen LogP contribution in [0.1, 0.15) is 36.6 Å². The molecule has 146 valence electrons. The smallest absolute Gasteiger partial charge is 0.273 e. The summed E-state index contributed by atoms with van der Waals surface area (Å²) in [5.41, 5.74) is 0.863. The van der Waals surface area contributed by atoms with Gasteiger partial charge in [0, 0.05) is 19.5 Å². The molecular weight excluding hydrogens is 350 g/mol. The quantitative estimate of drug-likeness (QED) is 0.393. The van der Waals surface area contributed by atoms with Crippen molar-refractivity contribution >= 4 is 17.6 Å². The summed E-state index contributed by atoms with van der Waals surface area (Å²) in [5.74, 6) is -0.770. The maximum atomic E-state index is 12.0. The van der Waals surface area contributed by atoms with Crippen LogP contribution in [0.3, 0.4) is 0 Å². The van der Waals surface area contributed by atoms with Crippen LogP contribution in [-0.4, -0.2) is 46.9 Å². The molecule has 1 aromatic heterocycles. The second-order valence-corrected chi connectivity index (χ2v) is 5.74. The summed E-state index contributed by atoms with van der Waals surface area (Å²) in [6, 6.07) is 0. The lowest BCUT2D eigenvalue weighted by atomic mass is 10.1. The maximum absolute atomic E-state index is 12.0. The summed E-state index contributed by atoms with van der Waals surface area (Å²) in [6.45, 7) is 7.70. The number of oxazole rings is 1. The molecule has 0 aliphatic rings. The lowest BCUT2D eigenvalue weighted by Crippen LogP contribution is -2.23. The van der Waals surface area contributed by atoms with Gasteiger partial charge in [0.15, 0.2) is 5.69 Å². The van der Waals surface area contributed by atoms with Crippen LogP contribution >= 0.6 is 0 Å². The third-order valence-electron chi connectivity index (χ3n) is 3.32. The number of Topliss-reactive ketones (excluding diaryl/α,β-unsaturated/α-hetero) is 1. The molecule has 0 aliphatic heterocycles. The number of nitrogens with zero attached hydrogens (tertiary/aromatic N) is 1. The Morgan fingerprint density at radius 2 is 2.11 bits per heavy atom. The topological polar surface area (TPSA) is 122 Å². The van der Waals surface area contributed by atoms with Crippen molar-refractivity contribution in [2.75, 3.05) is 13.1 Å². The number of aliphatic hydroxyl groups excluding tert-OH is 1. The molecule has 1 unspecified atom stereocenters. The Balaban J connectivity index is 2.47. The highest BCUT2D eigenvalue weighted by Crippen LogP contribution is 2.08. The van der Waals surface area contributed by atoms with E-state index in [1.807, 2.05) is 0 Å². The molecule has 1 aromatic rings. The predicted octanol–water partition coefficient (Wildman–Crippen LogP) is 1.09. The number of carbonyl (C=O) groups excluding carboxylic acids is 3. The van der Waals surface area contributed by atoms with Gasteiger partial charge >= 0.3 is 0 Å². The lowest BCUT2D eigenvalue weighted by Gasteiger charge is -2.05. The number of hydrogen-bond donors (Lipinski definition) is 3. The molecule has 2 amide bonds. The molecule has 0 saturated carbocycles. The Kier molecular flexibility index (Phi) is 9.46.